The van der Waals surface area contributed by atoms with Gasteiger partial charge in [-0.05, 0) is 61.7 Å². The highest BCUT2D eigenvalue weighted by Gasteiger charge is 2.35. The predicted molar refractivity (Wildman–Crippen MR) is 140 cm³/mol. The van der Waals surface area contributed by atoms with E-state index in [1.165, 1.54) is 18.2 Å². The number of aromatic nitrogens is 2. The van der Waals surface area contributed by atoms with Crippen LogP contribution in [0.3, 0.4) is 0 Å². The van der Waals surface area contributed by atoms with Crippen molar-refractivity contribution in [3.8, 4) is 5.69 Å². The minimum Gasteiger partial charge on any atom is -0.366 e. The smallest absolute Gasteiger partial charge is 0.366 e. The minimum atomic E-state index is -4.72. The topological polar surface area (TPSA) is 93.2 Å². The lowest BCUT2D eigenvalue weighted by molar-refractivity contribution is -0.137. The van der Waals surface area contributed by atoms with E-state index in [-0.39, 0.29) is 11.3 Å². The van der Waals surface area contributed by atoms with Gasteiger partial charge in [-0.15, -0.1) is 0 Å². The maximum absolute atomic E-state index is 13.5. The first-order valence-corrected chi connectivity index (χ1v) is 12.3. The van der Waals surface area contributed by atoms with Crippen LogP contribution < -0.4 is 16.0 Å². The molecule has 1 aliphatic heterocycles. The van der Waals surface area contributed by atoms with Gasteiger partial charge in [0.2, 0.25) is 5.95 Å². The summed E-state index contributed by atoms with van der Waals surface area (Å²) >= 11 is 6.42. The van der Waals surface area contributed by atoms with Gasteiger partial charge in [-0.1, -0.05) is 29.8 Å². The molecule has 1 aliphatic rings. The first-order valence-electron chi connectivity index (χ1n) is 11.9. The van der Waals surface area contributed by atoms with Crippen LogP contribution >= 0.6 is 11.6 Å². The Balaban J connectivity index is 1.71. The molecular weight excluding hydrogens is 519 g/mol. The van der Waals surface area contributed by atoms with Crippen molar-refractivity contribution in [1.82, 2.24) is 9.55 Å². The van der Waals surface area contributed by atoms with Crippen molar-refractivity contribution < 1.29 is 22.8 Å². The molecule has 2 heterocycles. The lowest BCUT2D eigenvalue weighted by atomic mass is 10.1. The van der Waals surface area contributed by atoms with E-state index in [4.69, 9.17) is 22.3 Å². The molecule has 7 nitrogen and oxygen atoms in total. The fourth-order valence-electron chi connectivity index (χ4n) is 4.76. The number of benzene rings is 3. The lowest BCUT2D eigenvalue weighted by Crippen LogP contribution is -2.22. The number of anilines is 2. The summed E-state index contributed by atoms with van der Waals surface area (Å²) in [5.74, 6) is -1.18. The number of carbonyl (C=O) groups is 2. The van der Waals surface area contributed by atoms with Gasteiger partial charge in [-0.2, -0.15) is 13.2 Å². The van der Waals surface area contributed by atoms with E-state index in [9.17, 15) is 22.8 Å². The number of alkyl halides is 3. The number of amides is 2. The number of hydrogen-bond acceptors (Lipinski definition) is 4. The van der Waals surface area contributed by atoms with Gasteiger partial charge in [0.15, 0.2) is 0 Å². The molecule has 0 unspecified atom stereocenters. The van der Waals surface area contributed by atoms with Gasteiger partial charge in [-0.25, -0.2) is 4.98 Å². The molecule has 0 bridgehead atoms. The normalized spacial score (nSPS) is 13.8. The zero-order valence-electron chi connectivity index (χ0n) is 20.3. The summed E-state index contributed by atoms with van der Waals surface area (Å²) < 4.78 is 42.4. The molecule has 3 aromatic carbocycles. The van der Waals surface area contributed by atoms with Gasteiger partial charge in [0.05, 0.1) is 27.9 Å². The van der Waals surface area contributed by atoms with E-state index in [1.807, 2.05) is 17.6 Å². The third kappa shape index (κ3) is 4.56. The molecule has 3 N–H and O–H groups in total. The quantitative estimate of drug-likeness (QED) is 0.326. The van der Waals surface area contributed by atoms with Crippen LogP contribution in [0, 0.1) is 6.92 Å². The van der Waals surface area contributed by atoms with Crippen molar-refractivity contribution in [1.29, 1.82) is 0 Å². The van der Waals surface area contributed by atoms with Crippen LogP contribution in [-0.4, -0.2) is 34.5 Å². The van der Waals surface area contributed by atoms with Crippen molar-refractivity contribution in [2.45, 2.75) is 25.9 Å². The first kappa shape index (κ1) is 25.6. The van der Waals surface area contributed by atoms with Crippen molar-refractivity contribution in [2.24, 2.45) is 5.73 Å². The van der Waals surface area contributed by atoms with Crippen molar-refractivity contribution in [2.75, 3.05) is 23.3 Å². The van der Waals surface area contributed by atoms with Crippen molar-refractivity contribution >= 4 is 46.1 Å². The fraction of sp³-hybridized carbons (Fsp3) is 0.222. The molecule has 4 aromatic rings. The second-order valence-electron chi connectivity index (χ2n) is 9.08. The average molecular weight is 542 g/mol. The Morgan fingerprint density at radius 3 is 2.42 bits per heavy atom. The third-order valence-electron chi connectivity index (χ3n) is 6.61. The second kappa shape index (κ2) is 9.68. The highest BCUT2D eigenvalue weighted by Crippen LogP contribution is 2.36. The van der Waals surface area contributed by atoms with Gasteiger partial charge in [0.1, 0.15) is 5.52 Å². The Labute approximate surface area is 221 Å². The molecule has 0 atom stereocenters. The molecule has 0 radical (unpaired) electrons. The van der Waals surface area contributed by atoms with E-state index >= 15 is 0 Å². The molecule has 11 heteroatoms. The summed E-state index contributed by atoms with van der Waals surface area (Å²) in [6.07, 6.45) is -2.77. The van der Waals surface area contributed by atoms with E-state index in [2.05, 4.69) is 10.2 Å². The maximum atomic E-state index is 13.5. The molecule has 5 rings (SSSR count). The number of nitrogens with one attached hydrogen (secondary N) is 1. The summed E-state index contributed by atoms with van der Waals surface area (Å²) in [6, 6.07) is 12.8. The maximum Gasteiger partial charge on any atom is 0.417 e. The van der Waals surface area contributed by atoms with Crippen LogP contribution in [-0.2, 0) is 6.18 Å². The summed E-state index contributed by atoms with van der Waals surface area (Å²) in [5.41, 5.74) is 6.45. The number of nitrogens with zero attached hydrogens (tertiary/aromatic N) is 3. The highest BCUT2D eigenvalue weighted by molar-refractivity contribution is 6.31. The highest BCUT2D eigenvalue weighted by atomic mass is 35.5. The van der Waals surface area contributed by atoms with E-state index in [1.54, 1.807) is 18.2 Å². The number of fused-ring (bicyclic) bond motifs is 1. The minimum absolute atomic E-state index is 0.0285. The zero-order chi connectivity index (χ0) is 27.2. The van der Waals surface area contributed by atoms with Crippen LogP contribution in [0.15, 0.2) is 54.6 Å². The number of halogens is 4. The van der Waals surface area contributed by atoms with E-state index in [0.29, 0.717) is 27.7 Å². The van der Waals surface area contributed by atoms with Crippen LogP contribution in [0.1, 0.15) is 44.7 Å². The SMILES string of the molecule is Cc1c(Cl)cccc1-n1c(N2CCCC2)nc2c(C(N)=O)cc(NC(=O)c3ccccc3C(F)(F)F)cc21. The summed E-state index contributed by atoms with van der Waals surface area (Å²) in [5, 5.41) is 3.04. The van der Waals surface area contributed by atoms with Gasteiger partial charge < -0.3 is 16.0 Å². The molecule has 0 aliphatic carbocycles. The lowest BCUT2D eigenvalue weighted by Gasteiger charge is -2.20. The second-order valence-corrected chi connectivity index (χ2v) is 9.49. The third-order valence-corrected chi connectivity index (χ3v) is 7.02. The van der Waals surface area contributed by atoms with Crippen LogP contribution in [0.2, 0.25) is 5.02 Å². The van der Waals surface area contributed by atoms with Gasteiger partial charge >= 0.3 is 6.18 Å². The largest absolute Gasteiger partial charge is 0.417 e. The van der Waals surface area contributed by atoms with Crippen LogP contribution in [0.25, 0.3) is 16.7 Å². The molecular formula is C27H23ClF3N5O2. The van der Waals surface area contributed by atoms with Gasteiger partial charge in [0.25, 0.3) is 11.8 Å². The molecule has 1 saturated heterocycles. The average Bonchev–Trinajstić information content (AvgIpc) is 3.53. The van der Waals surface area contributed by atoms with E-state index < -0.39 is 29.1 Å². The molecule has 1 fully saturated rings. The van der Waals surface area contributed by atoms with Crippen LogP contribution in [0.5, 0.6) is 0 Å². The number of hydrogen-bond donors (Lipinski definition) is 2. The Bertz CT molecular complexity index is 1580. The number of carbonyl (C=O) groups excluding carboxylic acids is 2. The standard InChI is InChI=1S/C27H23ClF3N5O2/c1-15-20(28)9-6-10-21(15)36-22-14-16(33-25(38)17-7-2-3-8-19(17)27(29,30)31)13-18(24(32)37)23(22)34-26(36)35-11-4-5-12-35/h2-3,6-10,13-14H,4-5,11-12H2,1H3,(H2,32,37)(H,33,38). The van der Waals surface area contributed by atoms with Crippen molar-refractivity contribution in [3.63, 3.8) is 0 Å². The summed E-state index contributed by atoms with van der Waals surface area (Å²) in [7, 11) is 0. The van der Waals surface area contributed by atoms with E-state index in [0.717, 1.165) is 43.6 Å². The number of primary amides is 1. The molecule has 0 spiro atoms. The summed E-state index contributed by atoms with van der Waals surface area (Å²) in [6.45, 7) is 3.37. The van der Waals surface area contributed by atoms with Gasteiger partial charge in [0, 0.05) is 23.8 Å². The van der Waals surface area contributed by atoms with Crippen molar-refractivity contribution in [3.05, 3.63) is 81.9 Å². The molecule has 2 amide bonds. The van der Waals surface area contributed by atoms with Crippen LogP contribution in [0.4, 0.5) is 24.8 Å². The predicted octanol–water partition coefficient (Wildman–Crippen LogP) is 5.96. The Morgan fingerprint density at radius 2 is 1.74 bits per heavy atom. The molecule has 1 aromatic heterocycles. The Morgan fingerprint density at radius 1 is 1.03 bits per heavy atom. The number of nitrogens with two attached hydrogens (primary N) is 1. The molecule has 38 heavy (non-hydrogen) atoms. The Hall–Kier alpha value is -4.05. The molecule has 0 saturated carbocycles. The van der Waals surface area contributed by atoms with Gasteiger partial charge in [-0.3, -0.25) is 14.2 Å². The fourth-order valence-corrected chi connectivity index (χ4v) is 4.93. The number of imidazole rings is 1. The number of rotatable bonds is 5. The zero-order valence-corrected chi connectivity index (χ0v) is 21.0. The monoisotopic (exact) mass is 541 g/mol. The molecule has 196 valence electrons. The Kier molecular flexibility index (Phi) is 6.52. The summed E-state index contributed by atoms with van der Waals surface area (Å²) in [4.78, 5) is 32.3. The first-order chi connectivity index (χ1) is 18.1.